The van der Waals surface area contributed by atoms with Crippen LogP contribution in [0.3, 0.4) is 0 Å². The normalized spacial score (nSPS) is 14.9. The van der Waals surface area contributed by atoms with Gasteiger partial charge in [0.2, 0.25) is 0 Å². The number of hydrogen-bond acceptors (Lipinski definition) is 7. The van der Waals surface area contributed by atoms with Crippen molar-refractivity contribution in [2.75, 3.05) is 6.61 Å². The van der Waals surface area contributed by atoms with Crippen molar-refractivity contribution in [1.82, 2.24) is 4.57 Å². The molecule has 0 N–H and O–H groups in total. The van der Waals surface area contributed by atoms with Gasteiger partial charge in [-0.25, -0.2) is 9.79 Å². The molecule has 0 aliphatic carbocycles. The van der Waals surface area contributed by atoms with Gasteiger partial charge >= 0.3 is 5.97 Å². The van der Waals surface area contributed by atoms with Crippen LogP contribution in [0.1, 0.15) is 50.4 Å². The predicted molar refractivity (Wildman–Crippen MR) is 180 cm³/mol. The number of rotatable bonds is 9. The molecule has 0 bridgehead atoms. The third-order valence-corrected chi connectivity index (χ3v) is 8.98. The van der Waals surface area contributed by atoms with Crippen molar-refractivity contribution >= 4 is 61.9 Å². The van der Waals surface area contributed by atoms with Crippen LogP contribution in [0.5, 0.6) is 11.5 Å². The second-order valence-electron chi connectivity index (χ2n) is 10.1. The Kier molecular flexibility index (Phi) is 9.88. The Bertz CT molecular complexity index is 1880. The van der Waals surface area contributed by atoms with Gasteiger partial charge in [0.25, 0.3) is 5.56 Å². The molecule has 3 aromatic carbocycles. The molecule has 1 atom stereocenters. The summed E-state index contributed by atoms with van der Waals surface area (Å²) < 4.78 is 21.6. The molecule has 0 amide bonds. The minimum atomic E-state index is -0.754. The van der Waals surface area contributed by atoms with Crippen LogP contribution >= 0.6 is 49.9 Å². The molecule has 2 heterocycles. The lowest BCUT2D eigenvalue weighted by atomic mass is 9.95. The fourth-order valence-corrected chi connectivity index (χ4v) is 6.69. The van der Waals surface area contributed by atoms with Crippen molar-refractivity contribution in [2.24, 2.45) is 4.99 Å². The van der Waals surface area contributed by atoms with Gasteiger partial charge in [-0.3, -0.25) is 9.36 Å². The van der Waals surface area contributed by atoms with Crippen LogP contribution in [0.15, 0.2) is 92.3 Å². The monoisotopic (exact) mass is 772 g/mol. The molecule has 0 saturated carbocycles. The summed E-state index contributed by atoms with van der Waals surface area (Å²) in [6.07, 6.45) is 1.73. The van der Waals surface area contributed by atoms with Crippen molar-refractivity contribution in [2.45, 2.75) is 46.4 Å². The van der Waals surface area contributed by atoms with Gasteiger partial charge < -0.3 is 14.2 Å². The summed E-state index contributed by atoms with van der Waals surface area (Å²) >= 11 is 7.17. The largest absolute Gasteiger partial charge is 0.491 e. The molecule has 43 heavy (non-hydrogen) atoms. The summed E-state index contributed by atoms with van der Waals surface area (Å²) in [5.74, 6) is 0.791. The van der Waals surface area contributed by atoms with Crippen LogP contribution in [0.2, 0.25) is 0 Å². The van der Waals surface area contributed by atoms with E-state index in [2.05, 4.69) is 43.5 Å². The molecule has 0 fully saturated rings. The Morgan fingerprint density at radius 3 is 2.56 bits per heavy atom. The van der Waals surface area contributed by atoms with Gasteiger partial charge in [0.05, 0.1) is 33.0 Å². The number of para-hydroxylation sites is 1. The summed E-state index contributed by atoms with van der Waals surface area (Å²) in [5, 5.41) is 0. The Hall–Kier alpha value is -3.22. The highest BCUT2D eigenvalue weighted by molar-refractivity contribution is 14.1. The quantitative estimate of drug-likeness (QED) is 0.143. The standard InChI is InChI=1S/C33H30BrIN2O5S/c1-5-40-32(39)29-20(4)36-33-37(30(29)24-8-6-7-9-26(24)42-19(2)3)31(38)28(43-33)17-22-12-15-27(25(34)16-22)41-18-21-10-13-23(35)14-11-21/h6-17,19,30H,5,18H2,1-4H3/b28-17+/t30-/m0/s1. The topological polar surface area (TPSA) is 79.1 Å². The zero-order valence-electron chi connectivity index (χ0n) is 24.1. The highest BCUT2D eigenvalue weighted by atomic mass is 127. The van der Waals surface area contributed by atoms with E-state index in [0.717, 1.165) is 15.6 Å². The van der Waals surface area contributed by atoms with Crippen LogP contribution in [-0.4, -0.2) is 23.2 Å². The van der Waals surface area contributed by atoms with Gasteiger partial charge in [-0.2, -0.15) is 0 Å². The lowest BCUT2D eigenvalue weighted by Gasteiger charge is -2.26. The molecule has 0 unspecified atom stereocenters. The average molecular weight is 773 g/mol. The minimum Gasteiger partial charge on any atom is -0.491 e. The second-order valence-corrected chi connectivity index (χ2v) is 13.2. The van der Waals surface area contributed by atoms with E-state index in [1.54, 1.807) is 18.4 Å². The van der Waals surface area contributed by atoms with Crippen LogP contribution in [-0.2, 0) is 16.1 Å². The number of hydrogen-bond donors (Lipinski definition) is 0. The van der Waals surface area contributed by atoms with E-state index in [1.807, 2.05) is 86.7 Å². The maximum Gasteiger partial charge on any atom is 0.338 e. The molecule has 5 rings (SSSR count). The van der Waals surface area contributed by atoms with E-state index in [0.29, 0.717) is 44.3 Å². The van der Waals surface area contributed by atoms with Crippen molar-refractivity contribution in [3.05, 3.63) is 122 Å². The van der Waals surface area contributed by atoms with Crippen LogP contribution < -0.4 is 24.4 Å². The summed E-state index contributed by atoms with van der Waals surface area (Å²) in [4.78, 5) is 32.5. The first-order valence-electron chi connectivity index (χ1n) is 13.8. The molecule has 0 saturated heterocycles. The highest BCUT2D eigenvalue weighted by Gasteiger charge is 2.35. The van der Waals surface area contributed by atoms with Gasteiger partial charge in [0.1, 0.15) is 24.1 Å². The molecule has 4 aromatic rings. The number of carbonyl (C=O) groups excluding carboxylic acids is 1. The number of esters is 1. The van der Waals surface area contributed by atoms with Crippen molar-refractivity contribution in [3.8, 4) is 11.5 Å². The Labute approximate surface area is 275 Å². The third-order valence-electron chi connectivity index (χ3n) is 6.65. The predicted octanol–water partition coefficient (Wildman–Crippen LogP) is 6.53. The number of thiazole rings is 1. The zero-order chi connectivity index (χ0) is 30.7. The number of aromatic nitrogens is 1. The smallest absolute Gasteiger partial charge is 0.338 e. The number of benzene rings is 3. The number of nitrogens with zero attached hydrogens (tertiary/aromatic N) is 2. The molecule has 1 aliphatic heterocycles. The van der Waals surface area contributed by atoms with Gasteiger partial charge in [-0.15, -0.1) is 0 Å². The fourth-order valence-electron chi connectivity index (χ4n) is 4.77. The summed E-state index contributed by atoms with van der Waals surface area (Å²) in [7, 11) is 0. The molecule has 1 aliphatic rings. The summed E-state index contributed by atoms with van der Waals surface area (Å²) in [5.41, 5.74) is 3.16. The van der Waals surface area contributed by atoms with Crippen LogP contribution in [0.25, 0.3) is 6.08 Å². The van der Waals surface area contributed by atoms with Gasteiger partial charge in [0.15, 0.2) is 4.80 Å². The first-order chi connectivity index (χ1) is 20.7. The second kappa shape index (κ2) is 13.6. The van der Waals surface area contributed by atoms with Crippen LogP contribution in [0, 0.1) is 3.57 Å². The molecule has 7 nitrogen and oxygen atoms in total. The minimum absolute atomic E-state index is 0.102. The lowest BCUT2D eigenvalue weighted by molar-refractivity contribution is -0.139. The number of halogens is 2. The van der Waals surface area contributed by atoms with E-state index in [4.69, 9.17) is 14.2 Å². The molecule has 10 heteroatoms. The van der Waals surface area contributed by atoms with E-state index in [-0.39, 0.29) is 18.3 Å². The van der Waals surface area contributed by atoms with Gasteiger partial charge in [-0.1, -0.05) is 47.7 Å². The van der Waals surface area contributed by atoms with Gasteiger partial charge in [0, 0.05) is 9.13 Å². The molecule has 222 valence electrons. The molecule has 1 aromatic heterocycles. The summed E-state index contributed by atoms with van der Waals surface area (Å²) in [6.45, 7) is 8.05. The Balaban J connectivity index is 1.55. The van der Waals surface area contributed by atoms with E-state index in [1.165, 1.54) is 14.9 Å². The first kappa shape index (κ1) is 31.2. The number of ether oxygens (including phenoxy) is 3. The fraction of sp³-hybridized carbons (Fsp3) is 0.242. The van der Waals surface area contributed by atoms with E-state index >= 15 is 0 Å². The van der Waals surface area contributed by atoms with Crippen molar-refractivity contribution in [3.63, 3.8) is 0 Å². The lowest BCUT2D eigenvalue weighted by Crippen LogP contribution is -2.40. The maximum absolute atomic E-state index is 14.0. The van der Waals surface area contributed by atoms with E-state index in [9.17, 15) is 9.59 Å². The average Bonchev–Trinajstić information content (AvgIpc) is 3.26. The van der Waals surface area contributed by atoms with E-state index < -0.39 is 12.0 Å². The zero-order valence-corrected chi connectivity index (χ0v) is 28.7. The molecule has 0 radical (unpaired) electrons. The summed E-state index contributed by atoms with van der Waals surface area (Å²) in [6, 6.07) is 20.6. The number of carbonyl (C=O) groups is 1. The first-order valence-corrected chi connectivity index (χ1v) is 16.5. The Morgan fingerprint density at radius 1 is 1.12 bits per heavy atom. The van der Waals surface area contributed by atoms with Crippen molar-refractivity contribution < 1.29 is 19.0 Å². The number of allylic oxidation sites excluding steroid dienone is 1. The van der Waals surface area contributed by atoms with Gasteiger partial charge in [-0.05, 0) is 114 Å². The maximum atomic E-state index is 14.0. The van der Waals surface area contributed by atoms with Crippen molar-refractivity contribution in [1.29, 1.82) is 0 Å². The number of fused-ring (bicyclic) bond motifs is 1. The molecular formula is C33H30BrIN2O5S. The molecular weight excluding hydrogens is 743 g/mol. The molecule has 0 spiro atoms. The highest BCUT2D eigenvalue weighted by Crippen LogP contribution is 2.36. The third kappa shape index (κ3) is 6.97. The SMILES string of the molecule is CCOC(=O)C1=C(C)N=c2s/c(=C/c3ccc(OCc4ccc(I)cc4)c(Br)c3)c(=O)n2[C@H]1c1ccccc1OC(C)C. The van der Waals surface area contributed by atoms with Crippen LogP contribution in [0.4, 0.5) is 0 Å². The Morgan fingerprint density at radius 2 is 1.86 bits per heavy atom.